The van der Waals surface area contributed by atoms with Gasteiger partial charge in [-0.2, -0.15) is 11.8 Å². The van der Waals surface area contributed by atoms with E-state index in [1.165, 1.54) is 11.1 Å². The molecule has 3 rings (SSSR count). The molecule has 154 valence electrons. The van der Waals surface area contributed by atoms with Gasteiger partial charge in [-0.05, 0) is 48.1 Å². The van der Waals surface area contributed by atoms with Gasteiger partial charge in [0.25, 0.3) is 0 Å². The number of ether oxygens (including phenoxy) is 1. The highest BCUT2D eigenvalue weighted by atomic mass is 32.2. The predicted octanol–water partition coefficient (Wildman–Crippen LogP) is 2.59. The quantitative estimate of drug-likeness (QED) is 0.620. The van der Waals surface area contributed by atoms with E-state index in [0.717, 1.165) is 5.75 Å². The van der Waals surface area contributed by atoms with E-state index in [1.807, 2.05) is 30.5 Å². The van der Waals surface area contributed by atoms with Crippen LogP contribution in [-0.2, 0) is 22.6 Å². The molecule has 1 heterocycles. The molecule has 0 bridgehead atoms. The van der Waals surface area contributed by atoms with Crippen LogP contribution in [0.2, 0.25) is 0 Å². The van der Waals surface area contributed by atoms with E-state index in [9.17, 15) is 9.59 Å². The molecule has 0 fully saturated rings. The Morgan fingerprint density at radius 1 is 1.21 bits per heavy atom. The zero-order chi connectivity index (χ0) is 20.6. The molecule has 6 nitrogen and oxygen atoms in total. The van der Waals surface area contributed by atoms with Gasteiger partial charge in [0.1, 0.15) is 11.8 Å². The van der Waals surface area contributed by atoms with E-state index >= 15 is 0 Å². The van der Waals surface area contributed by atoms with E-state index in [0.29, 0.717) is 30.8 Å². The largest absolute Gasteiger partial charge is 0.497 e. The number of carbonyl (C=O) groups is 2. The summed E-state index contributed by atoms with van der Waals surface area (Å²) in [5.74, 6) is 1.07. The highest BCUT2D eigenvalue weighted by molar-refractivity contribution is 7.98. The van der Waals surface area contributed by atoms with Gasteiger partial charge < -0.3 is 20.7 Å². The second-order valence-electron chi connectivity index (χ2n) is 6.97. The van der Waals surface area contributed by atoms with Crippen molar-refractivity contribution in [2.75, 3.05) is 24.4 Å². The minimum atomic E-state index is -0.597. The molecule has 0 saturated heterocycles. The van der Waals surface area contributed by atoms with Crippen LogP contribution in [0.4, 0.5) is 5.69 Å². The molecule has 3 N–H and O–H groups in total. The molecular formula is C22H27N3O3S. The number of thioether (sulfide) groups is 1. The van der Waals surface area contributed by atoms with Crippen molar-refractivity contribution < 1.29 is 14.3 Å². The van der Waals surface area contributed by atoms with Crippen LogP contribution in [0.15, 0.2) is 48.5 Å². The van der Waals surface area contributed by atoms with Crippen LogP contribution in [0.25, 0.3) is 0 Å². The number of benzene rings is 2. The van der Waals surface area contributed by atoms with Crippen LogP contribution in [0.5, 0.6) is 5.75 Å². The number of hydrogen-bond acceptors (Lipinski definition) is 5. The first-order valence-corrected chi connectivity index (χ1v) is 11.0. The highest BCUT2D eigenvalue weighted by Gasteiger charge is 2.28. The molecule has 29 heavy (non-hydrogen) atoms. The molecule has 1 aliphatic heterocycles. The van der Waals surface area contributed by atoms with Crippen LogP contribution in [0, 0.1) is 0 Å². The molecule has 0 radical (unpaired) electrons. The summed E-state index contributed by atoms with van der Waals surface area (Å²) in [5, 5.41) is 9.10. The number of hydrogen-bond donors (Lipinski definition) is 3. The smallest absolute Gasteiger partial charge is 0.246 e. The summed E-state index contributed by atoms with van der Waals surface area (Å²) in [6.07, 6.45) is 3.17. The Morgan fingerprint density at radius 3 is 2.76 bits per heavy atom. The average molecular weight is 414 g/mol. The molecule has 2 atom stereocenters. The Balaban J connectivity index is 1.65. The van der Waals surface area contributed by atoms with Crippen molar-refractivity contribution in [3.63, 3.8) is 0 Å². The summed E-state index contributed by atoms with van der Waals surface area (Å²) in [5.41, 5.74) is 3.03. The third kappa shape index (κ3) is 5.74. The fraction of sp³-hybridized carbons (Fsp3) is 0.364. The molecule has 0 spiro atoms. The van der Waals surface area contributed by atoms with E-state index in [2.05, 4.69) is 28.1 Å². The van der Waals surface area contributed by atoms with Gasteiger partial charge in [0.15, 0.2) is 0 Å². The number of rotatable bonds is 8. The SMILES string of the molecule is COc1cccc(NC(=O)C(CCSC)NC(=O)C2Cc3ccccc3CN2)c1. The van der Waals surface area contributed by atoms with Gasteiger partial charge in [0, 0.05) is 18.3 Å². The first kappa shape index (κ1) is 21.2. The van der Waals surface area contributed by atoms with Gasteiger partial charge >= 0.3 is 0 Å². The van der Waals surface area contributed by atoms with Crippen LogP contribution < -0.4 is 20.7 Å². The lowest BCUT2D eigenvalue weighted by Crippen LogP contribution is -2.53. The van der Waals surface area contributed by atoms with E-state index in [4.69, 9.17) is 4.74 Å². The third-order valence-electron chi connectivity index (χ3n) is 4.98. The summed E-state index contributed by atoms with van der Waals surface area (Å²) in [6, 6.07) is 14.4. The van der Waals surface area contributed by atoms with E-state index in [1.54, 1.807) is 31.0 Å². The lowest BCUT2D eigenvalue weighted by atomic mass is 9.95. The monoisotopic (exact) mass is 413 g/mol. The number of carbonyl (C=O) groups excluding carboxylic acids is 2. The van der Waals surface area contributed by atoms with Gasteiger partial charge in [-0.3, -0.25) is 9.59 Å². The molecule has 0 saturated carbocycles. The molecule has 0 aromatic heterocycles. The Bertz CT molecular complexity index is 859. The fourth-order valence-electron chi connectivity index (χ4n) is 3.35. The lowest BCUT2D eigenvalue weighted by molar-refractivity contribution is -0.128. The number of nitrogens with one attached hydrogen (secondary N) is 3. The van der Waals surface area contributed by atoms with Crippen LogP contribution in [-0.4, -0.2) is 43.0 Å². The van der Waals surface area contributed by atoms with Gasteiger partial charge in [-0.25, -0.2) is 0 Å². The molecule has 1 aliphatic rings. The topological polar surface area (TPSA) is 79.5 Å². The normalized spacial score (nSPS) is 16.4. The summed E-state index contributed by atoms with van der Waals surface area (Å²) in [6.45, 7) is 0.653. The predicted molar refractivity (Wildman–Crippen MR) is 117 cm³/mol. The maximum atomic E-state index is 12.9. The van der Waals surface area contributed by atoms with Gasteiger partial charge in [-0.15, -0.1) is 0 Å². The third-order valence-corrected chi connectivity index (χ3v) is 5.62. The Morgan fingerprint density at radius 2 is 2.00 bits per heavy atom. The van der Waals surface area contributed by atoms with Crippen molar-refractivity contribution in [3.8, 4) is 5.75 Å². The van der Waals surface area contributed by atoms with Crippen molar-refractivity contribution in [1.82, 2.24) is 10.6 Å². The summed E-state index contributed by atoms with van der Waals surface area (Å²) < 4.78 is 5.20. The first-order chi connectivity index (χ1) is 14.1. The highest BCUT2D eigenvalue weighted by Crippen LogP contribution is 2.18. The first-order valence-electron chi connectivity index (χ1n) is 9.65. The number of fused-ring (bicyclic) bond motifs is 1. The molecule has 2 amide bonds. The lowest BCUT2D eigenvalue weighted by Gasteiger charge is -2.27. The van der Waals surface area contributed by atoms with Gasteiger partial charge in [0.05, 0.1) is 13.2 Å². The van der Waals surface area contributed by atoms with Crippen molar-refractivity contribution in [2.45, 2.75) is 31.5 Å². The molecule has 2 aromatic carbocycles. The standard InChI is InChI=1S/C22H27N3O3S/c1-28-18-9-5-8-17(13-18)24-21(26)19(10-11-29-2)25-22(27)20-12-15-6-3-4-7-16(15)14-23-20/h3-9,13,19-20,23H,10-12,14H2,1-2H3,(H,24,26)(H,25,27). The average Bonchev–Trinajstić information content (AvgIpc) is 2.76. The fourth-order valence-corrected chi connectivity index (χ4v) is 3.82. The second kappa shape index (κ2) is 10.3. The summed E-state index contributed by atoms with van der Waals surface area (Å²) in [4.78, 5) is 25.7. The van der Waals surface area contributed by atoms with Crippen LogP contribution in [0.3, 0.4) is 0 Å². The van der Waals surface area contributed by atoms with Crippen LogP contribution >= 0.6 is 11.8 Å². The molecule has 0 aliphatic carbocycles. The van der Waals surface area contributed by atoms with E-state index < -0.39 is 6.04 Å². The summed E-state index contributed by atoms with van der Waals surface area (Å²) in [7, 11) is 1.58. The van der Waals surface area contributed by atoms with Crippen molar-refractivity contribution in [2.24, 2.45) is 0 Å². The minimum Gasteiger partial charge on any atom is -0.497 e. The zero-order valence-corrected chi connectivity index (χ0v) is 17.6. The minimum absolute atomic E-state index is 0.147. The maximum absolute atomic E-state index is 12.9. The molecule has 2 unspecified atom stereocenters. The molecular weight excluding hydrogens is 386 g/mol. The van der Waals surface area contributed by atoms with Gasteiger partial charge in [0.2, 0.25) is 11.8 Å². The molecule has 7 heteroatoms. The van der Waals surface area contributed by atoms with E-state index in [-0.39, 0.29) is 17.9 Å². The Labute approximate surface area is 175 Å². The van der Waals surface area contributed by atoms with Gasteiger partial charge in [-0.1, -0.05) is 30.3 Å². The van der Waals surface area contributed by atoms with Crippen molar-refractivity contribution in [1.29, 1.82) is 0 Å². The van der Waals surface area contributed by atoms with Crippen molar-refractivity contribution >= 4 is 29.3 Å². The second-order valence-corrected chi connectivity index (χ2v) is 7.96. The zero-order valence-electron chi connectivity index (χ0n) is 16.7. The Kier molecular flexibility index (Phi) is 7.55. The Hall–Kier alpha value is -2.51. The van der Waals surface area contributed by atoms with Crippen LogP contribution in [0.1, 0.15) is 17.5 Å². The molecule has 2 aromatic rings. The van der Waals surface area contributed by atoms with Crippen molar-refractivity contribution in [3.05, 3.63) is 59.7 Å². The maximum Gasteiger partial charge on any atom is 0.246 e. The number of methoxy groups -OCH3 is 1. The number of amides is 2. The summed E-state index contributed by atoms with van der Waals surface area (Å²) >= 11 is 1.65. The number of anilines is 1.